The third kappa shape index (κ3) is 3.08. The Labute approximate surface area is 120 Å². The topological polar surface area (TPSA) is 17.1 Å². The van der Waals surface area contributed by atoms with Gasteiger partial charge in [0.1, 0.15) is 0 Å². The molecule has 4 heteroatoms. The minimum Gasteiger partial charge on any atom is -0.298 e. The minimum atomic E-state index is 0.481. The Hall–Kier alpha value is -0.960. The lowest BCUT2D eigenvalue weighted by Crippen LogP contribution is -1.88. The molecule has 0 aromatic heterocycles. The first-order valence-corrected chi connectivity index (χ1v) is 7.06. The number of carbonyl (C=O) groups excluding carboxylic acids is 1. The Kier molecular flexibility index (Phi) is 4.70. The van der Waals surface area contributed by atoms with E-state index in [0.29, 0.717) is 16.3 Å². The molecule has 2 aromatic carbocycles. The molecule has 0 atom stereocenters. The van der Waals surface area contributed by atoms with Crippen molar-refractivity contribution in [3.63, 3.8) is 0 Å². The quantitative estimate of drug-likeness (QED) is 0.577. The number of hydrogen-bond acceptors (Lipinski definition) is 2. The van der Waals surface area contributed by atoms with Crippen molar-refractivity contribution in [1.82, 2.24) is 0 Å². The second-order valence-electron chi connectivity index (χ2n) is 3.65. The first-order valence-electron chi connectivity index (χ1n) is 5.32. The van der Waals surface area contributed by atoms with Crippen molar-refractivity contribution in [1.29, 1.82) is 0 Å². The smallest absolute Gasteiger partial charge is 0.152 e. The molecule has 0 heterocycles. The summed E-state index contributed by atoms with van der Waals surface area (Å²) in [5, 5.41) is 1.22. The zero-order valence-corrected chi connectivity index (χ0v) is 11.7. The van der Waals surface area contributed by atoms with Gasteiger partial charge in [0.15, 0.2) is 6.29 Å². The van der Waals surface area contributed by atoms with Crippen LogP contribution in [0.1, 0.15) is 15.9 Å². The number of rotatable bonds is 4. The van der Waals surface area contributed by atoms with Gasteiger partial charge in [0.25, 0.3) is 0 Å². The molecule has 0 spiro atoms. The van der Waals surface area contributed by atoms with Crippen molar-refractivity contribution in [3.05, 3.63) is 63.6 Å². The molecule has 0 radical (unpaired) electrons. The summed E-state index contributed by atoms with van der Waals surface area (Å²) in [5.74, 6) is 0.709. The summed E-state index contributed by atoms with van der Waals surface area (Å²) < 4.78 is 0. The summed E-state index contributed by atoms with van der Waals surface area (Å²) in [5.41, 5.74) is 1.58. The number of thioether (sulfide) groups is 1. The van der Waals surface area contributed by atoms with E-state index >= 15 is 0 Å². The van der Waals surface area contributed by atoms with E-state index in [1.165, 1.54) is 0 Å². The van der Waals surface area contributed by atoms with E-state index in [2.05, 4.69) is 0 Å². The molecule has 0 unspecified atom stereocenters. The summed E-state index contributed by atoms with van der Waals surface area (Å²) in [7, 11) is 0. The maximum Gasteiger partial charge on any atom is 0.152 e. The summed E-state index contributed by atoms with van der Waals surface area (Å²) in [6, 6.07) is 13.1. The zero-order valence-electron chi connectivity index (χ0n) is 9.40. The maximum absolute atomic E-state index is 11.0. The molecule has 0 aliphatic rings. The third-order valence-electron chi connectivity index (χ3n) is 2.47. The molecule has 2 rings (SSSR count). The molecule has 0 aliphatic heterocycles. The normalized spacial score (nSPS) is 10.3. The van der Waals surface area contributed by atoms with E-state index < -0.39 is 0 Å². The second kappa shape index (κ2) is 6.28. The average Bonchev–Trinajstić information content (AvgIpc) is 2.38. The van der Waals surface area contributed by atoms with E-state index in [4.69, 9.17) is 23.2 Å². The van der Waals surface area contributed by atoms with Crippen LogP contribution in [-0.4, -0.2) is 6.29 Å². The Morgan fingerprint density at radius 3 is 2.44 bits per heavy atom. The average molecular weight is 297 g/mol. The predicted molar refractivity (Wildman–Crippen MR) is 77.9 cm³/mol. The van der Waals surface area contributed by atoms with Gasteiger partial charge < -0.3 is 0 Å². The van der Waals surface area contributed by atoms with E-state index in [0.717, 1.165) is 21.8 Å². The Balaban J connectivity index is 2.18. The van der Waals surface area contributed by atoms with Crippen molar-refractivity contribution in [2.24, 2.45) is 0 Å². The predicted octanol–water partition coefficient (Wildman–Crippen LogP) is 5.10. The molecule has 0 bridgehead atoms. The van der Waals surface area contributed by atoms with Gasteiger partial charge in [0.2, 0.25) is 0 Å². The monoisotopic (exact) mass is 296 g/mol. The van der Waals surface area contributed by atoms with Gasteiger partial charge in [-0.15, -0.1) is 11.8 Å². The van der Waals surface area contributed by atoms with Gasteiger partial charge in [-0.05, 0) is 23.8 Å². The highest BCUT2D eigenvalue weighted by atomic mass is 35.5. The highest BCUT2D eigenvalue weighted by Gasteiger charge is 2.07. The van der Waals surface area contributed by atoms with Crippen LogP contribution in [0, 0.1) is 0 Å². The van der Waals surface area contributed by atoms with E-state index in [1.54, 1.807) is 17.8 Å². The van der Waals surface area contributed by atoms with Crippen LogP contribution < -0.4 is 0 Å². The minimum absolute atomic E-state index is 0.481. The number of carbonyl (C=O) groups is 1. The van der Waals surface area contributed by atoms with E-state index in [-0.39, 0.29) is 0 Å². The fourth-order valence-electron chi connectivity index (χ4n) is 1.53. The lowest BCUT2D eigenvalue weighted by Gasteiger charge is -2.07. The lowest BCUT2D eigenvalue weighted by atomic mass is 10.2. The Morgan fingerprint density at radius 1 is 1.00 bits per heavy atom. The standard InChI is InChI=1S/C14H10Cl2OS/c15-12-5-2-1-4-10(12)9-18-14-7-3-6-13(16)11(14)8-17/h1-8H,9H2. The fourth-order valence-corrected chi connectivity index (χ4v) is 3.14. The molecular formula is C14H10Cl2OS. The Morgan fingerprint density at radius 2 is 1.72 bits per heavy atom. The van der Waals surface area contributed by atoms with Gasteiger partial charge in [0, 0.05) is 21.2 Å². The molecule has 2 aromatic rings. The molecule has 0 fully saturated rings. The van der Waals surface area contributed by atoms with Crippen molar-refractivity contribution < 1.29 is 4.79 Å². The van der Waals surface area contributed by atoms with Gasteiger partial charge in [-0.1, -0.05) is 47.5 Å². The van der Waals surface area contributed by atoms with Crippen LogP contribution in [0.5, 0.6) is 0 Å². The van der Waals surface area contributed by atoms with Crippen molar-refractivity contribution in [2.45, 2.75) is 10.6 Å². The molecule has 18 heavy (non-hydrogen) atoms. The van der Waals surface area contributed by atoms with Crippen molar-refractivity contribution >= 4 is 41.2 Å². The number of aldehydes is 1. The van der Waals surface area contributed by atoms with Crippen LogP contribution in [-0.2, 0) is 5.75 Å². The summed E-state index contributed by atoms with van der Waals surface area (Å²) in [6.07, 6.45) is 0.789. The largest absolute Gasteiger partial charge is 0.298 e. The molecule has 0 saturated carbocycles. The second-order valence-corrected chi connectivity index (χ2v) is 5.48. The molecule has 1 nitrogen and oxygen atoms in total. The molecular weight excluding hydrogens is 287 g/mol. The van der Waals surface area contributed by atoms with Crippen LogP contribution in [0.15, 0.2) is 47.4 Å². The van der Waals surface area contributed by atoms with Crippen LogP contribution in [0.25, 0.3) is 0 Å². The van der Waals surface area contributed by atoms with E-state index in [9.17, 15) is 4.79 Å². The van der Waals surface area contributed by atoms with Gasteiger partial charge >= 0.3 is 0 Å². The third-order valence-corrected chi connectivity index (χ3v) is 4.29. The number of benzene rings is 2. The number of halogens is 2. The van der Waals surface area contributed by atoms with E-state index in [1.807, 2.05) is 36.4 Å². The summed E-state index contributed by atoms with van der Waals surface area (Å²) >= 11 is 13.6. The van der Waals surface area contributed by atoms with Crippen LogP contribution in [0.2, 0.25) is 10.0 Å². The van der Waals surface area contributed by atoms with Crippen molar-refractivity contribution in [2.75, 3.05) is 0 Å². The summed E-state index contributed by atoms with van der Waals surface area (Å²) in [4.78, 5) is 11.9. The number of hydrogen-bond donors (Lipinski definition) is 0. The first kappa shape index (κ1) is 13.5. The highest BCUT2D eigenvalue weighted by Crippen LogP contribution is 2.31. The lowest BCUT2D eigenvalue weighted by molar-refractivity contribution is 0.112. The van der Waals surface area contributed by atoms with Crippen LogP contribution in [0.3, 0.4) is 0 Å². The molecule has 92 valence electrons. The van der Waals surface area contributed by atoms with Gasteiger partial charge in [-0.25, -0.2) is 0 Å². The molecule has 0 saturated heterocycles. The summed E-state index contributed by atoms with van der Waals surface area (Å²) in [6.45, 7) is 0. The maximum atomic E-state index is 11.0. The first-order chi connectivity index (χ1) is 8.72. The van der Waals surface area contributed by atoms with Gasteiger partial charge in [-0.3, -0.25) is 4.79 Å². The molecule has 0 amide bonds. The Bertz CT molecular complexity index is 569. The highest BCUT2D eigenvalue weighted by molar-refractivity contribution is 7.98. The molecule has 0 N–H and O–H groups in total. The van der Waals surface area contributed by atoms with Gasteiger partial charge in [0.05, 0.1) is 5.02 Å². The fraction of sp³-hybridized carbons (Fsp3) is 0.0714. The molecule has 0 aliphatic carbocycles. The van der Waals surface area contributed by atoms with Gasteiger partial charge in [-0.2, -0.15) is 0 Å². The SMILES string of the molecule is O=Cc1c(Cl)cccc1SCc1ccccc1Cl. The van der Waals surface area contributed by atoms with Crippen LogP contribution >= 0.6 is 35.0 Å². The zero-order chi connectivity index (χ0) is 13.0. The van der Waals surface area contributed by atoms with Crippen LogP contribution in [0.4, 0.5) is 0 Å². The van der Waals surface area contributed by atoms with Crippen molar-refractivity contribution in [3.8, 4) is 0 Å².